The number of nitriles is 1. The first kappa shape index (κ1) is 38.6. The van der Waals surface area contributed by atoms with Crippen LogP contribution in [0.25, 0.3) is 123 Å². The van der Waals surface area contributed by atoms with Crippen molar-refractivity contribution < 1.29 is 0 Å². The molecule has 12 rings (SSSR count). The first-order valence-corrected chi connectivity index (χ1v) is 22.2. The van der Waals surface area contributed by atoms with Gasteiger partial charge in [0.15, 0.2) is 17.5 Å². The van der Waals surface area contributed by atoms with E-state index in [9.17, 15) is 5.26 Å². The summed E-state index contributed by atoms with van der Waals surface area (Å²) in [5, 5.41) is 13.5. The van der Waals surface area contributed by atoms with Crippen molar-refractivity contribution in [1.29, 1.82) is 5.26 Å². The van der Waals surface area contributed by atoms with Gasteiger partial charge in [-0.05, 0) is 95.2 Å². The summed E-state index contributed by atoms with van der Waals surface area (Å²) in [6.07, 6.45) is 0. The van der Waals surface area contributed by atoms with Gasteiger partial charge in [-0.15, -0.1) is 0 Å². The third-order valence-corrected chi connectivity index (χ3v) is 12.8. The maximum atomic E-state index is 10.9. The van der Waals surface area contributed by atoms with Crippen molar-refractivity contribution in [2.24, 2.45) is 0 Å². The lowest BCUT2D eigenvalue weighted by Gasteiger charge is -2.16. The minimum Gasteiger partial charge on any atom is -0.208 e. The molecule has 0 aliphatic heterocycles. The van der Waals surface area contributed by atoms with Crippen molar-refractivity contribution in [3.8, 4) is 118 Å². The molecule has 0 unspecified atom stereocenters. The van der Waals surface area contributed by atoms with Crippen molar-refractivity contribution in [3.05, 3.63) is 236 Å². The lowest BCUT2D eigenvalue weighted by Crippen LogP contribution is -2.02. The third-order valence-electron chi connectivity index (χ3n) is 12.8. The standard InChI is InChI=1S/C62H38N4/c63-39-46-38-45(49-27-9-12-30-56(49)62-65-60(42-19-5-2-6-20-42)64-61(66-62)55-29-11-8-25-47(55)40-17-3-1-4-18-40)35-36-50(46)52-28-10-7-26-48(52)43-23-13-24-44(37-43)51-31-16-33-54-53-32-14-21-41-22-15-34-57(58(41)53)59(51)54/h1-38H. The molecule has 0 atom stereocenters. The number of rotatable bonds is 8. The second-order valence-electron chi connectivity index (χ2n) is 16.6. The van der Waals surface area contributed by atoms with Crippen LogP contribution in [0.4, 0.5) is 0 Å². The zero-order chi connectivity index (χ0) is 44.0. The van der Waals surface area contributed by atoms with E-state index in [0.29, 0.717) is 23.0 Å². The molecule has 306 valence electrons. The molecule has 1 heterocycles. The summed E-state index contributed by atoms with van der Waals surface area (Å²) in [7, 11) is 0. The van der Waals surface area contributed by atoms with Gasteiger partial charge in [-0.2, -0.15) is 5.26 Å². The van der Waals surface area contributed by atoms with E-state index in [0.717, 1.165) is 66.8 Å². The Morgan fingerprint density at radius 2 is 0.712 bits per heavy atom. The molecule has 0 saturated heterocycles. The molecule has 0 fully saturated rings. The summed E-state index contributed by atoms with van der Waals surface area (Å²) >= 11 is 0. The predicted molar refractivity (Wildman–Crippen MR) is 270 cm³/mol. The molecule has 1 aliphatic rings. The summed E-state index contributed by atoms with van der Waals surface area (Å²) < 4.78 is 0. The van der Waals surface area contributed by atoms with Gasteiger partial charge < -0.3 is 0 Å². The molecule has 11 aromatic rings. The molecule has 4 nitrogen and oxygen atoms in total. The van der Waals surface area contributed by atoms with Crippen LogP contribution in [0.2, 0.25) is 0 Å². The molecule has 1 aromatic heterocycles. The van der Waals surface area contributed by atoms with Crippen LogP contribution in [0, 0.1) is 11.3 Å². The van der Waals surface area contributed by atoms with Crippen LogP contribution in [0.1, 0.15) is 5.56 Å². The number of hydrogen-bond donors (Lipinski definition) is 0. The summed E-state index contributed by atoms with van der Waals surface area (Å²) in [6, 6.07) is 82.6. The van der Waals surface area contributed by atoms with Gasteiger partial charge in [-0.3, -0.25) is 0 Å². The van der Waals surface area contributed by atoms with Gasteiger partial charge in [0.25, 0.3) is 0 Å². The minimum absolute atomic E-state index is 0.551. The fraction of sp³-hybridized carbons (Fsp3) is 0. The van der Waals surface area contributed by atoms with Crippen LogP contribution in [0.15, 0.2) is 231 Å². The third kappa shape index (κ3) is 6.66. The second-order valence-corrected chi connectivity index (χ2v) is 16.6. The summed E-state index contributed by atoms with van der Waals surface area (Å²) in [4.78, 5) is 15.4. The van der Waals surface area contributed by atoms with Gasteiger partial charge in [0, 0.05) is 22.3 Å². The van der Waals surface area contributed by atoms with Crippen molar-refractivity contribution in [2.75, 3.05) is 0 Å². The normalized spacial score (nSPS) is 11.3. The Hall–Kier alpha value is -9.04. The summed E-state index contributed by atoms with van der Waals surface area (Å²) in [6.45, 7) is 0. The predicted octanol–water partition coefficient (Wildman–Crippen LogP) is 15.9. The van der Waals surface area contributed by atoms with Crippen molar-refractivity contribution in [3.63, 3.8) is 0 Å². The molecular formula is C62H38N4. The monoisotopic (exact) mass is 838 g/mol. The lowest BCUT2D eigenvalue weighted by molar-refractivity contribution is 1.07. The Kier molecular flexibility index (Phi) is 9.51. The molecule has 0 spiro atoms. The van der Waals surface area contributed by atoms with Crippen LogP contribution in [-0.2, 0) is 0 Å². The first-order valence-electron chi connectivity index (χ1n) is 22.2. The van der Waals surface area contributed by atoms with E-state index in [4.69, 9.17) is 15.0 Å². The number of benzene rings is 10. The van der Waals surface area contributed by atoms with Crippen LogP contribution in [0.5, 0.6) is 0 Å². The van der Waals surface area contributed by atoms with Crippen LogP contribution in [0.3, 0.4) is 0 Å². The van der Waals surface area contributed by atoms with Crippen molar-refractivity contribution >= 4 is 10.8 Å². The highest BCUT2D eigenvalue weighted by molar-refractivity contribution is 6.18. The van der Waals surface area contributed by atoms with Gasteiger partial charge in [0.1, 0.15) is 0 Å². The first-order chi connectivity index (χ1) is 32.7. The average molecular weight is 839 g/mol. The highest BCUT2D eigenvalue weighted by Crippen LogP contribution is 2.51. The Morgan fingerprint density at radius 1 is 0.273 bits per heavy atom. The van der Waals surface area contributed by atoms with Crippen molar-refractivity contribution in [1.82, 2.24) is 15.0 Å². The van der Waals surface area contributed by atoms with Gasteiger partial charge in [0.2, 0.25) is 0 Å². The molecular weight excluding hydrogens is 801 g/mol. The van der Waals surface area contributed by atoms with E-state index < -0.39 is 0 Å². The molecule has 0 amide bonds. The molecule has 0 radical (unpaired) electrons. The largest absolute Gasteiger partial charge is 0.208 e. The van der Waals surface area contributed by atoms with E-state index in [1.165, 1.54) is 38.6 Å². The van der Waals surface area contributed by atoms with Gasteiger partial charge in [-0.1, -0.05) is 218 Å². The maximum absolute atomic E-state index is 10.9. The Morgan fingerprint density at radius 3 is 1.38 bits per heavy atom. The van der Waals surface area contributed by atoms with E-state index in [-0.39, 0.29) is 0 Å². The van der Waals surface area contributed by atoms with Gasteiger partial charge in [0.05, 0.1) is 11.6 Å². The number of nitrogens with zero attached hydrogens (tertiary/aromatic N) is 4. The summed E-state index contributed by atoms with van der Waals surface area (Å²) in [5.41, 5.74) is 18.6. The van der Waals surface area contributed by atoms with Crippen LogP contribution < -0.4 is 0 Å². The van der Waals surface area contributed by atoms with E-state index >= 15 is 0 Å². The maximum Gasteiger partial charge on any atom is 0.164 e. The van der Waals surface area contributed by atoms with Gasteiger partial charge in [-0.25, -0.2) is 15.0 Å². The Bertz CT molecular complexity index is 3710. The van der Waals surface area contributed by atoms with E-state index in [1.807, 2.05) is 84.9 Å². The number of aromatic nitrogens is 3. The average Bonchev–Trinajstić information content (AvgIpc) is 3.74. The molecule has 4 heteroatoms. The second kappa shape index (κ2) is 16.3. The summed E-state index contributed by atoms with van der Waals surface area (Å²) in [5.74, 6) is 1.72. The Balaban J connectivity index is 0.945. The van der Waals surface area contributed by atoms with E-state index in [1.54, 1.807) is 0 Å². The molecule has 0 bridgehead atoms. The zero-order valence-corrected chi connectivity index (χ0v) is 35.7. The van der Waals surface area contributed by atoms with E-state index in [2.05, 4.69) is 152 Å². The number of fused-ring (bicyclic) bond motifs is 3. The molecule has 10 aromatic carbocycles. The minimum atomic E-state index is 0.551. The lowest BCUT2D eigenvalue weighted by atomic mass is 9.88. The highest BCUT2D eigenvalue weighted by atomic mass is 15.0. The highest BCUT2D eigenvalue weighted by Gasteiger charge is 2.25. The topological polar surface area (TPSA) is 62.5 Å². The smallest absolute Gasteiger partial charge is 0.164 e. The number of hydrogen-bond acceptors (Lipinski definition) is 4. The van der Waals surface area contributed by atoms with Crippen LogP contribution >= 0.6 is 0 Å². The Labute approximate surface area is 383 Å². The molecule has 66 heavy (non-hydrogen) atoms. The van der Waals surface area contributed by atoms with Crippen LogP contribution in [-0.4, -0.2) is 15.0 Å². The van der Waals surface area contributed by atoms with Gasteiger partial charge >= 0.3 is 0 Å². The molecule has 0 N–H and O–H groups in total. The fourth-order valence-corrected chi connectivity index (χ4v) is 9.75. The van der Waals surface area contributed by atoms with Crippen molar-refractivity contribution in [2.45, 2.75) is 0 Å². The fourth-order valence-electron chi connectivity index (χ4n) is 9.75. The zero-order valence-electron chi connectivity index (χ0n) is 35.7. The molecule has 0 saturated carbocycles. The molecule has 1 aliphatic carbocycles. The SMILES string of the molecule is N#Cc1cc(-c2ccccc2-c2nc(-c3ccccc3)nc(-c3ccccc3-c3ccccc3)n2)ccc1-c1ccccc1-c1cccc(-c2cccc3c2-c2cccc4cccc-3c24)c1. The quantitative estimate of drug-likeness (QED) is 0.153.